The average Bonchev–Trinajstić information content (AvgIpc) is 3.08. The zero-order chi connectivity index (χ0) is 14.8. The van der Waals surface area contributed by atoms with Gasteiger partial charge in [-0.25, -0.2) is 4.68 Å². The van der Waals surface area contributed by atoms with Crippen LogP contribution in [0.3, 0.4) is 0 Å². The number of nitriles is 1. The molecule has 0 saturated heterocycles. The molecule has 21 heavy (non-hydrogen) atoms. The fraction of sp³-hybridized carbons (Fsp3) is 0.357. The van der Waals surface area contributed by atoms with E-state index in [-0.39, 0.29) is 5.92 Å². The third-order valence-electron chi connectivity index (χ3n) is 3.62. The molecular formula is C14H14ClN5S. The average molecular weight is 320 g/mol. The van der Waals surface area contributed by atoms with Gasteiger partial charge in [-0.15, -0.1) is 10.2 Å². The summed E-state index contributed by atoms with van der Waals surface area (Å²) in [5, 5.41) is 18.9. The topological polar surface area (TPSA) is 80.5 Å². The van der Waals surface area contributed by atoms with Crippen molar-refractivity contribution >= 4 is 23.4 Å². The predicted molar refractivity (Wildman–Crippen MR) is 83.2 cm³/mol. The van der Waals surface area contributed by atoms with E-state index in [2.05, 4.69) is 16.3 Å². The summed E-state index contributed by atoms with van der Waals surface area (Å²) in [5.41, 5.74) is 0.766. The molecule has 1 fully saturated rings. The SMILES string of the molecule is N#C[C@H]1CC[C@@H](Sc2nnc(-c3ccccc3Cl)n2N)C1. The Morgan fingerprint density at radius 1 is 1.33 bits per heavy atom. The number of nitrogen functional groups attached to an aromatic ring is 1. The molecule has 2 atom stereocenters. The monoisotopic (exact) mass is 319 g/mol. The fourth-order valence-electron chi connectivity index (χ4n) is 2.50. The second-order valence-corrected chi connectivity index (χ2v) is 6.71. The fourth-order valence-corrected chi connectivity index (χ4v) is 3.89. The lowest BCUT2D eigenvalue weighted by atomic mass is 10.1. The maximum absolute atomic E-state index is 8.96. The van der Waals surface area contributed by atoms with E-state index in [0.29, 0.717) is 21.3 Å². The van der Waals surface area contributed by atoms with Crippen LogP contribution in [0.1, 0.15) is 19.3 Å². The number of benzene rings is 1. The first kappa shape index (κ1) is 14.2. The molecule has 1 saturated carbocycles. The van der Waals surface area contributed by atoms with E-state index >= 15 is 0 Å². The van der Waals surface area contributed by atoms with Gasteiger partial charge in [0.05, 0.1) is 11.1 Å². The van der Waals surface area contributed by atoms with Crippen LogP contribution < -0.4 is 5.84 Å². The van der Waals surface area contributed by atoms with Crippen molar-refractivity contribution < 1.29 is 0 Å². The first-order valence-corrected chi connectivity index (χ1v) is 7.96. The summed E-state index contributed by atoms with van der Waals surface area (Å²) in [5.74, 6) is 6.80. The number of halogens is 1. The van der Waals surface area contributed by atoms with E-state index in [0.717, 1.165) is 24.8 Å². The van der Waals surface area contributed by atoms with Crippen LogP contribution in [0.25, 0.3) is 11.4 Å². The lowest BCUT2D eigenvalue weighted by molar-refractivity contribution is 0.702. The van der Waals surface area contributed by atoms with Crippen LogP contribution in [0.5, 0.6) is 0 Å². The highest BCUT2D eigenvalue weighted by Crippen LogP contribution is 2.37. The van der Waals surface area contributed by atoms with Gasteiger partial charge in [-0.3, -0.25) is 0 Å². The molecule has 108 valence electrons. The van der Waals surface area contributed by atoms with Crippen LogP contribution >= 0.6 is 23.4 Å². The Morgan fingerprint density at radius 3 is 2.86 bits per heavy atom. The molecule has 0 unspecified atom stereocenters. The van der Waals surface area contributed by atoms with Gasteiger partial charge < -0.3 is 5.84 Å². The van der Waals surface area contributed by atoms with Gasteiger partial charge in [0.15, 0.2) is 5.82 Å². The Hall–Kier alpha value is -1.71. The number of nitrogens with zero attached hydrogens (tertiary/aromatic N) is 4. The van der Waals surface area contributed by atoms with Gasteiger partial charge in [0.1, 0.15) is 0 Å². The molecule has 3 rings (SSSR count). The summed E-state index contributed by atoms with van der Waals surface area (Å²) < 4.78 is 1.48. The van der Waals surface area contributed by atoms with Crippen molar-refractivity contribution in [1.82, 2.24) is 14.9 Å². The molecule has 1 aliphatic carbocycles. The molecule has 0 bridgehead atoms. The van der Waals surface area contributed by atoms with Gasteiger partial charge in [0.2, 0.25) is 5.16 Å². The number of thioether (sulfide) groups is 1. The molecular weight excluding hydrogens is 306 g/mol. The molecule has 1 heterocycles. The number of aromatic nitrogens is 3. The summed E-state index contributed by atoms with van der Waals surface area (Å²) in [6.45, 7) is 0. The summed E-state index contributed by atoms with van der Waals surface area (Å²) in [6.07, 6.45) is 2.84. The number of hydrogen-bond donors (Lipinski definition) is 1. The highest BCUT2D eigenvalue weighted by molar-refractivity contribution is 7.99. The molecule has 0 radical (unpaired) electrons. The first-order valence-electron chi connectivity index (χ1n) is 6.70. The minimum atomic E-state index is 0.152. The molecule has 2 N–H and O–H groups in total. The van der Waals surface area contributed by atoms with Crippen molar-refractivity contribution in [3.8, 4) is 17.5 Å². The van der Waals surface area contributed by atoms with Crippen molar-refractivity contribution in [2.24, 2.45) is 5.92 Å². The zero-order valence-corrected chi connectivity index (χ0v) is 12.8. The Labute approximate surface area is 132 Å². The third-order valence-corrected chi connectivity index (χ3v) is 5.20. The maximum Gasteiger partial charge on any atom is 0.210 e. The highest BCUT2D eigenvalue weighted by Gasteiger charge is 2.27. The van der Waals surface area contributed by atoms with Crippen molar-refractivity contribution in [3.05, 3.63) is 29.3 Å². The van der Waals surface area contributed by atoms with Crippen molar-refractivity contribution in [2.75, 3.05) is 5.84 Å². The molecule has 0 amide bonds. The van der Waals surface area contributed by atoms with Gasteiger partial charge in [0, 0.05) is 16.7 Å². The van der Waals surface area contributed by atoms with E-state index in [1.54, 1.807) is 17.8 Å². The molecule has 1 aromatic heterocycles. The van der Waals surface area contributed by atoms with E-state index < -0.39 is 0 Å². The Balaban J connectivity index is 1.81. The zero-order valence-electron chi connectivity index (χ0n) is 11.2. The Morgan fingerprint density at radius 2 is 2.14 bits per heavy atom. The number of rotatable bonds is 3. The van der Waals surface area contributed by atoms with E-state index in [1.165, 1.54) is 4.68 Å². The first-order chi connectivity index (χ1) is 10.2. The molecule has 7 heteroatoms. The van der Waals surface area contributed by atoms with Gasteiger partial charge in [-0.05, 0) is 31.4 Å². The summed E-state index contributed by atoms with van der Waals surface area (Å²) in [7, 11) is 0. The van der Waals surface area contributed by atoms with E-state index in [9.17, 15) is 0 Å². The normalized spacial score (nSPS) is 21.3. The Bertz CT molecular complexity index is 693. The minimum absolute atomic E-state index is 0.152. The third kappa shape index (κ3) is 2.85. The number of hydrogen-bond acceptors (Lipinski definition) is 5. The van der Waals surface area contributed by atoms with Gasteiger partial charge in [0.25, 0.3) is 0 Å². The van der Waals surface area contributed by atoms with Crippen molar-refractivity contribution in [2.45, 2.75) is 29.7 Å². The van der Waals surface area contributed by atoms with Crippen LogP contribution in [0.2, 0.25) is 5.02 Å². The minimum Gasteiger partial charge on any atom is -0.335 e. The lowest BCUT2D eigenvalue weighted by Crippen LogP contribution is -2.13. The Kier molecular flexibility index (Phi) is 4.04. The molecule has 0 aliphatic heterocycles. The summed E-state index contributed by atoms with van der Waals surface area (Å²) >= 11 is 7.76. The largest absolute Gasteiger partial charge is 0.335 e. The van der Waals surface area contributed by atoms with Crippen LogP contribution in [0.15, 0.2) is 29.4 Å². The summed E-state index contributed by atoms with van der Waals surface area (Å²) in [6, 6.07) is 9.74. The van der Waals surface area contributed by atoms with Crippen LogP contribution in [-0.4, -0.2) is 20.1 Å². The van der Waals surface area contributed by atoms with Crippen LogP contribution in [0.4, 0.5) is 0 Å². The van der Waals surface area contributed by atoms with E-state index in [1.807, 2.05) is 18.2 Å². The maximum atomic E-state index is 8.96. The van der Waals surface area contributed by atoms with Gasteiger partial charge in [-0.1, -0.05) is 35.5 Å². The van der Waals surface area contributed by atoms with Crippen molar-refractivity contribution in [3.63, 3.8) is 0 Å². The molecule has 0 spiro atoms. The van der Waals surface area contributed by atoms with Crippen LogP contribution in [-0.2, 0) is 0 Å². The number of nitrogens with two attached hydrogens (primary N) is 1. The van der Waals surface area contributed by atoms with E-state index in [4.69, 9.17) is 22.7 Å². The van der Waals surface area contributed by atoms with Gasteiger partial charge in [-0.2, -0.15) is 5.26 Å². The van der Waals surface area contributed by atoms with Crippen molar-refractivity contribution in [1.29, 1.82) is 5.26 Å². The predicted octanol–water partition coefficient (Wildman–Crippen LogP) is 3.10. The van der Waals surface area contributed by atoms with Crippen LogP contribution in [0, 0.1) is 17.2 Å². The standard InChI is InChI=1S/C14H14ClN5S/c15-12-4-2-1-3-11(12)13-18-19-14(20(13)17)21-10-6-5-9(7-10)8-16/h1-4,9-10H,5-7,17H2/t9-,10+/m0/s1. The lowest BCUT2D eigenvalue weighted by Gasteiger charge is -2.08. The highest BCUT2D eigenvalue weighted by atomic mass is 35.5. The molecule has 1 aliphatic rings. The summed E-state index contributed by atoms with van der Waals surface area (Å²) in [4.78, 5) is 0. The second kappa shape index (κ2) is 5.96. The molecule has 2 aromatic rings. The molecule has 5 nitrogen and oxygen atoms in total. The quantitative estimate of drug-likeness (QED) is 0.879. The molecule has 1 aromatic carbocycles. The van der Waals surface area contributed by atoms with Gasteiger partial charge >= 0.3 is 0 Å². The second-order valence-electron chi connectivity index (χ2n) is 5.03. The smallest absolute Gasteiger partial charge is 0.210 e.